The number of methoxy groups -OCH3 is 1. The fraction of sp³-hybridized carbons (Fsp3) is 0.241. The van der Waals surface area contributed by atoms with Gasteiger partial charge in [-0.1, -0.05) is 57.2 Å². The highest BCUT2D eigenvalue weighted by atomic mass is 19.1. The van der Waals surface area contributed by atoms with Crippen molar-refractivity contribution in [3.63, 3.8) is 0 Å². The molecular weight excluding hydrogens is 445 g/mol. The molecule has 1 aliphatic rings. The summed E-state index contributed by atoms with van der Waals surface area (Å²) < 4.78 is 18.7. The van der Waals surface area contributed by atoms with E-state index in [1.165, 1.54) is 29.2 Å². The van der Waals surface area contributed by atoms with Gasteiger partial charge in [0.05, 0.1) is 18.7 Å². The van der Waals surface area contributed by atoms with Crippen LogP contribution < -0.4 is 4.74 Å². The number of hydrogen-bond donors (Lipinski definition) is 1. The Morgan fingerprint density at radius 3 is 2.09 bits per heavy atom. The smallest absolute Gasteiger partial charge is 0.295 e. The lowest BCUT2D eigenvalue weighted by Gasteiger charge is -2.26. The Morgan fingerprint density at radius 1 is 0.943 bits per heavy atom. The van der Waals surface area contributed by atoms with E-state index in [1.807, 2.05) is 36.4 Å². The number of likely N-dealkylation sites (tertiary alicyclic amines) is 1. The fourth-order valence-corrected chi connectivity index (χ4v) is 4.25. The van der Waals surface area contributed by atoms with Gasteiger partial charge >= 0.3 is 0 Å². The van der Waals surface area contributed by atoms with Gasteiger partial charge in [0.2, 0.25) is 0 Å². The first-order valence-electron chi connectivity index (χ1n) is 11.4. The summed E-state index contributed by atoms with van der Waals surface area (Å²) in [6.45, 7) is 6.48. The van der Waals surface area contributed by atoms with Crippen molar-refractivity contribution in [2.75, 3.05) is 7.11 Å². The van der Waals surface area contributed by atoms with Crippen molar-refractivity contribution in [1.29, 1.82) is 0 Å². The first kappa shape index (κ1) is 24.2. The van der Waals surface area contributed by atoms with E-state index in [4.69, 9.17) is 4.74 Å². The van der Waals surface area contributed by atoms with E-state index in [9.17, 15) is 19.1 Å². The lowest BCUT2D eigenvalue weighted by atomic mass is 9.85. The maximum Gasteiger partial charge on any atom is 0.295 e. The van der Waals surface area contributed by atoms with Gasteiger partial charge in [0.25, 0.3) is 11.7 Å². The van der Waals surface area contributed by atoms with Crippen LogP contribution in [0.3, 0.4) is 0 Å². The van der Waals surface area contributed by atoms with Crippen molar-refractivity contribution < 1.29 is 23.8 Å². The second-order valence-corrected chi connectivity index (χ2v) is 9.65. The zero-order valence-electron chi connectivity index (χ0n) is 20.2. The zero-order chi connectivity index (χ0) is 25.3. The molecule has 4 rings (SSSR count). The number of carbonyl (C=O) groups is 2. The third-order valence-electron chi connectivity index (χ3n) is 6.26. The number of benzene rings is 3. The number of ketones is 1. The highest BCUT2D eigenvalue weighted by Crippen LogP contribution is 2.41. The molecule has 0 saturated carbocycles. The lowest BCUT2D eigenvalue weighted by Crippen LogP contribution is -2.29. The van der Waals surface area contributed by atoms with Gasteiger partial charge in [-0.15, -0.1) is 0 Å². The number of hydrogen-bond acceptors (Lipinski definition) is 4. The van der Waals surface area contributed by atoms with E-state index < -0.39 is 23.5 Å². The second kappa shape index (κ2) is 9.37. The fourth-order valence-electron chi connectivity index (χ4n) is 4.25. The van der Waals surface area contributed by atoms with Crippen molar-refractivity contribution in [3.8, 4) is 5.75 Å². The topological polar surface area (TPSA) is 66.8 Å². The van der Waals surface area contributed by atoms with Gasteiger partial charge in [-0.2, -0.15) is 0 Å². The minimum absolute atomic E-state index is 0.0152. The average Bonchev–Trinajstić information content (AvgIpc) is 3.09. The Kier molecular flexibility index (Phi) is 6.48. The number of amides is 1. The Labute approximate surface area is 204 Å². The predicted octanol–water partition coefficient (Wildman–Crippen LogP) is 5.75. The molecule has 0 bridgehead atoms. The average molecular weight is 474 g/mol. The molecule has 0 aliphatic carbocycles. The molecule has 1 amide bonds. The molecule has 0 aromatic heterocycles. The van der Waals surface area contributed by atoms with Gasteiger partial charge in [0.15, 0.2) is 0 Å². The van der Waals surface area contributed by atoms with Gasteiger partial charge in [-0.25, -0.2) is 4.39 Å². The van der Waals surface area contributed by atoms with E-state index in [0.717, 1.165) is 11.1 Å². The number of carbonyl (C=O) groups excluding carboxylic acids is 2. The molecule has 35 heavy (non-hydrogen) atoms. The van der Waals surface area contributed by atoms with E-state index >= 15 is 0 Å². The monoisotopic (exact) mass is 473 g/mol. The van der Waals surface area contributed by atoms with Gasteiger partial charge in [0, 0.05) is 12.1 Å². The first-order chi connectivity index (χ1) is 16.6. The molecule has 5 nitrogen and oxygen atoms in total. The van der Waals surface area contributed by atoms with Crippen molar-refractivity contribution in [1.82, 2.24) is 4.90 Å². The van der Waals surface area contributed by atoms with Gasteiger partial charge in [0.1, 0.15) is 17.3 Å². The van der Waals surface area contributed by atoms with Gasteiger partial charge in [-0.05, 0) is 58.5 Å². The number of aliphatic hydroxyl groups excluding tert-OH is 1. The van der Waals surface area contributed by atoms with Crippen LogP contribution in [-0.2, 0) is 21.5 Å². The number of halogens is 1. The molecule has 1 atom stereocenters. The van der Waals surface area contributed by atoms with Crippen molar-refractivity contribution >= 4 is 17.4 Å². The van der Waals surface area contributed by atoms with Crippen LogP contribution in [-0.4, -0.2) is 28.8 Å². The molecule has 0 radical (unpaired) electrons. The maximum absolute atomic E-state index is 13.5. The lowest BCUT2D eigenvalue weighted by molar-refractivity contribution is -0.140. The summed E-state index contributed by atoms with van der Waals surface area (Å²) in [4.78, 5) is 27.8. The Morgan fingerprint density at radius 2 is 1.54 bits per heavy atom. The van der Waals surface area contributed by atoms with Gasteiger partial charge < -0.3 is 14.7 Å². The number of ether oxygens (including phenoxy) is 1. The van der Waals surface area contributed by atoms with Crippen LogP contribution in [0.15, 0.2) is 78.4 Å². The Balaban J connectivity index is 1.82. The molecule has 1 saturated heterocycles. The number of Topliss-reactive ketones (excluding diaryl/α,β-unsaturated/α-hetero) is 1. The van der Waals surface area contributed by atoms with Crippen LogP contribution in [0.1, 0.15) is 49.1 Å². The van der Waals surface area contributed by atoms with E-state index in [1.54, 1.807) is 19.2 Å². The molecule has 1 aliphatic heterocycles. The van der Waals surface area contributed by atoms with Gasteiger partial charge in [-0.3, -0.25) is 9.59 Å². The van der Waals surface area contributed by atoms with Crippen molar-refractivity contribution in [2.45, 2.75) is 38.8 Å². The molecule has 180 valence electrons. The Bertz CT molecular complexity index is 1270. The maximum atomic E-state index is 13.5. The van der Waals surface area contributed by atoms with Crippen molar-refractivity contribution in [3.05, 3.63) is 106 Å². The number of nitrogens with zero attached hydrogens (tertiary/aromatic N) is 1. The molecule has 1 fully saturated rings. The zero-order valence-corrected chi connectivity index (χ0v) is 20.2. The second-order valence-electron chi connectivity index (χ2n) is 9.65. The molecule has 1 unspecified atom stereocenters. The Hall–Kier alpha value is -3.93. The molecule has 3 aromatic rings. The molecular formula is C29H28FNO4. The molecule has 6 heteroatoms. The summed E-state index contributed by atoms with van der Waals surface area (Å²) in [5.41, 5.74) is 2.80. The third-order valence-corrected chi connectivity index (χ3v) is 6.26. The molecule has 1 heterocycles. The molecule has 1 N–H and O–H groups in total. The summed E-state index contributed by atoms with van der Waals surface area (Å²) in [7, 11) is 1.57. The number of rotatable bonds is 5. The summed E-state index contributed by atoms with van der Waals surface area (Å²) in [5, 5.41) is 11.1. The summed E-state index contributed by atoms with van der Waals surface area (Å²) in [5.74, 6) is -1.58. The van der Waals surface area contributed by atoms with Crippen LogP contribution in [0.5, 0.6) is 5.75 Å². The molecule has 0 spiro atoms. The van der Waals surface area contributed by atoms with Crippen molar-refractivity contribution in [2.24, 2.45) is 0 Å². The number of aliphatic hydroxyl groups is 1. The van der Waals surface area contributed by atoms with E-state index in [0.29, 0.717) is 11.3 Å². The third kappa shape index (κ3) is 4.83. The first-order valence-corrected chi connectivity index (χ1v) is 11.4. The SMILES string of the molecule is COc1ccc(CN2C(=O)C(=O)/C(=C(\O)c3ccc(F)cc3)C2c2ccc(C(C)(C)C)cc2)cc1. The van der Waals surface area contributed by atoms with Crippen LogP contribution in [0.2, 0.25) is 0 Å². The van der Waals surface area contributed by atoms with Crippen LogP contribution in [0.25, 0.3) is 5.76 Å². The normalized spacial score (nSPS) is 17.6. The summed E-state index contributed by atoms with van der Waals surface area (Å²) in [6, 6.07) is 19.4. The highest BCUT2D eigenvalue weighted by Gasteiger charge is 2.46. The molecule has 3 aromatic carbocycles. The van der Waals surface area contributed by atoms with Crippen LogP contribution in [0, 0.1) is 5.82 Å². The van der Waals surface area contributed by atoms with E-state index in [2.05, 4.69) is 20.8 Å². The summed E-state index contributed by atoms with van der Waals surface area (Å²) in [6.07, 6.45) is 0. The largest absolute Gasteiger partial charge is 0.507 e. The quantitative estimate of drug-likeness (QED) is 0.291. The predicted molar refractivity (Wildman–Crippen MR) is 132 cm³/mol. The highest BCUT2D eigenvalue weighted by molar-refractivity contribution is 6.46. The van der Waals surface area contributed by atoms with Crippen LogP contribution in [0.4, 0.5) is 4.39 Å². The van der Waals surface area contributed by atoms with Crippen LogP contribution >= 0.6 is 0 Å². The minimum atomic E-state index is -0.795. The minimum Gasteiger partial charge on any atom is -0.507 e. The summed E-state index contributed by atoms with van der Waals surface area (Å²) >= 11 is 0. The standard InChI is InChI=1S/C29H28FNO4/c1-29(2,3)21-11-7-19(8-12-21)25-24(26(32)20-9-13-22(30)14-10-20)27(33)28(34)31(25)17-18-5-15-23(35-4)16-6-18/h5-16,25,32H,17H2,1-4H3/b26-24-. The van der Waals surface area contributed by atoms with E-state index in [-0.39, 0.29) is 28.9 Å².